The Bertz CT molecular complexity index is 1220. The van der Waals surface area contributed by atoms with Crippen LogP contribution in [0, 0.1) is 6.92 Å². The van der Waals surface area contributed by atoms with Gasteiger partial charge >= 0.3 is 0 Å². The fourth-order valence-electron chi connectivity index (χ4n) is 3.19. The summed E-state index contributed by atoms with van der Waals surface area (Å²) in [5, 5.41) is 6.96. The molecule has 5 nitrogen and oxygen atoms in total. The summed E-state index contributed by atoms with van der Waals surface area (Å²) >= 11 is 7.01. The Morgan fingerprint density at radius 1 is 1.03 bits per heavy atom. The maximum Gasteiger partial charge on any atom is 0.261 e. The summed E-state index contributed by atoms with van der Waals surface area (Å²) in [5.41, 5.74) is 3.96. The molecule has 2 N–H and O–H groups in total. The first-order valence-corrected chi connectivity index (χ1v) is 10.5. The molecular weight excluding hydrogens is 414 g/mol. The van der Waals surface area contributed by atoms with Gasteiger partial charge in [0.25, 0.3) is 5.91 Å². The Morgan fingerprint density at radius 3 is 2.60 bits per heavy atom. The number of hydrogen-bond donors (Lipinski definition) is 2. The van der Waals surface area contributed by atoms with Crippen LogP contribution in [0.4, 0.5) is 5.69 Å². The van der Waals surface area contributed by atoms with Crippen molar-refractivity contribution in [2.45, 2.75) is 6.92 Å². The normalized spacial score (nSPS) is 10.6. The van der Waals surface area contributed by atoms with Crippen LogP contribution in [0.5, 0.6) is 5.75 Å². The number of amides is 1. The van der Waals surface area contributed by atoms with Gasteiger partial charge in [0.1, 0.15) is 10.8 Å². The Balaban J connectivity index is 1.56. The molecule has 1 heterocycles. The van der Waals surface area contributed by atoms with E-state index in [1.54, 1.807) is 24.5 Å². The number of ether oxygens (including phenoxy) is 1. The first-order chi connectivity index (χ1) is 14.6. The zero-order chi connectivity index (χ0) is 21.1. The van der Waals surface area contributed by atoms with E-state index in [0.717, 1.165) is 32.0 Å². The van der Waals surface area contributed by atoms with Crippen molar-refractivity contribution in [3.63, 3.8) is 0 Å². The summed E-state index contributed by atoms with van der Waals surface area (Å²) in [7, 11) is 1.55. The second-order valence-corrected chi connectivity index (χ2v) is 8.04. The number of aryl methyl sites for hydroxylation is 1. The van der Waals surface area contributed by atoms with Crippen LogP contribution in [-0.4, -0.2) is 23.1 Å². The Hall–Kier alpha value is -3.29. The predicted molar refractivity (Wildman–Crippen MR) is 126 cm³/mol. The van der Waals surface area contributed by atoms with E-state index in [-0.39, 0.29) is 11.0 Å². The molecule has 0 aliphatic heterocycles. The summed E-state index contributed by atoms with van der Waals surface area (Å²) in [6.07, 6.45) is 0. The van der Waals surface area contributed by atoms with Gasteiger partial charge in [-0.2, -0.15) is 0 Å². The molecular formula is C23H19N3O2S2. The second kappa shape index (κ2) is 8.61. The van der Waals surface area contributed by atoms with Crippen LogP contribution in [0.3, 0.4) is 0 Å². The van der Waals surface area contributed by atoms with Crippen LogP contribution in [0.2, 0.25) is 0 Å². The molecule has 4 rings (SSSR count). The number of nitrogens with zero attached hydrogens (tertiary/aromatic N) is 1. The Kier molecular flexibility index (Phi) is 5.74. The lowest BCUT2D eigenvalue weighted by Gasteiger charge is -2.14. The van der Waals surface area contributed by atoms with Crippen LogP contribution in [0.1, 0.15) is 15.9 Å². The van der Waals surface area contributed by atoms with Gasteiger partial charge in [-0.1, -0.05) is 36.4 Å². The monoisotopic (exact) mass is 433 g/mol. The van der Waals surface area contributed by atoms with Gasteiger partial charge in [-0.15, -0.1) is 11.3 Å². The molecule has 0 aliphatic rings. The fraction of sp³-hybridized carbons (Fsp3) is 0.0870. The van der Waals surface area contributed by atoms with Gasteiger partial charge < -0.3 is 10.1 Å². The molecule has 1 aromatic heterocycles. The van der Waals surface area contributed by atoms with Crippen LogP contribution >= 0.6 is 23.6 Å². The van der Waals surface area contributed by atoms with Gasteiger partial charge in [0.05, 0.1) is 28.6 Å². The minimum atomic E-state index is -0.328. The predicted octanol–water partition coefficient (Wildman–Crippen LogP) is 5.41. The molecule has 3 aromatic carbocycles. The molecule has 0 unspecified atom stereocenters. The van der Waals surface area contributed by atoms with E-state index in [2.05, 4.69) is 10.6 Å². The number of fused-ring (bicyclic) bond motifs is 1. The quantitative estimate of drug-likeness (QED) is 0.422. The van der Waals surface area contributed by atoms with Gasteiger partial charge in [-0.05, 0) is 55.0 Å². The number of para-hydroxylation sites is 3. The number of hydrogen-bond acceptors (Lipinski definition) is 5. The number of rotatable bonds is 4. The van der Waals surface area contributed by atoms with Crippen molar-refractivity contribution >= 4 is 50.5 Å². The van der Waals surface area contributed by atoms with Gasteiger partial charge in [-0.25, -0.2) is 4.98 Å². The minimum absolute atomic E-state index is 0.206. The standard InChI is InChI=1S/C23H19N3O2S2/c1-14-8-7-10-16(20(14)28-2)21(27)26-23(29)25-17-11-4-3-9-15(17)22-24-18-12-5-6-13-19(18)30-22/h3-13H,1-2H3,(H2,25,26,27,29). The maximum absolute atomic E-state index is 12.7. The summed E-state index contributed by atoms with van der Waals surface area (Å²) < 4.78 is 6.49. The molecule has 4 aromatic rings. The van der Waals surface area contributed by atoms with Gasteiger partial charge in [-0.3, -0.25) is 10.1 Å². The van der Waals surface area contributed by atoms with E-state index < -0.39 is 0 Å². The van der Waals surface area contributed by atoms with E-state index >= 15 is 0 Å². The van der Waals surface area contributed by atoms with E-state index in [0.29, 0.717) is 11.3 Å². The highest BCUT2D eigenvalue weighted by Gasteiger charge is 2.16. The van der Waals surface area contributed by atoms with Crippen LogP contribution < -0.4 is 15.4 Å². The van der Waals surface area contributed by atoms with Crippen molar-refractivity contribution in [1.82, 2.24) is 10.3 Å². The molecule has 0 saturated heterocycles. The lowest BCUT2D eigenvalue weighted by atomic mass is 10.1. The lowest BCUT2D eigenvalue weighted by Crippen LogP contribution is -2.34. The third kappa shape index (κ3) is 4.03. The summed E-state index contributed by atoms with van der Waals surface area (Å²) in [6, 6.07) is 21.2. The number of methoxy groups -OCH3 is 1. The Labute approximate surface area is 183 Å². The number of anilines is 1. The number of benzene rings is 3. The molecule has 7 heteroatoms. The number of carbonyl (C=O) groups excluding carboxylic acids is 1. The van der Waals surface area contributed by atoms with E-state index in [1.807, 2.05) is 67.6 Å². The maximum atomic E-state index is 12.7. The number of thiocarbonyl (C=S) groups is 1. The second-order valence-electron chi connectivity index (χ2n) is 6.60. The molecule has 0 aliphatic carbocycles. The smallest absolute Gasteiger partial charge is 0.261 e. The van der Waals surface area contributed by atoms with Gasteiger partial charge in [0, 0.05) is 5.56 Å². The summed E-state index contributed by atoms with van der Waals surface area (Å²) in [6.45, 7) is 1.89. The highest BCUT2D eigenvalue weighted by Crippen LogP contribution is 2.34. The van der Waals surface area contributed by atoms with Crippen LogP contribution in [0.15, 0.2) is 66.7 Å². The van der Waals surface area contributed by atoms with Crippen molar-refractivity contribution in [2.24, 2.45) is 0 Å². The zero-order valence-corrected chi connectivity index (χ0v) is 18.1. The first kappa shape index (κ1) is 20.0. The molecule has 150 valence electrons. The molecule has 0 fully saturated rings. The van der Waals surface area contributed by atoms with Crippen molar-refractivity contribution in [3.05, 3.63) is 77.9 Å². The molecule has 30 heavy (non-hydrogen) atoms. The van der Waals surface area contributed by atoms with Gasteiger partial charge in [0.15, 0.2) is 5.11 Å². The number of nitrogens with one attached hydrogen (secondary N) is 2. The van der Waals surface area contributed by atoms with Gasteiger partial charge in [0.2, 0.25) is 0 Å². The number of thiazole rings is 1. The van der Waals surface area contributed by atoms with Crippen LogP contribution in [-0.2, 0) is 0 Å². The largest absolute Gasteiger partial charge is 0.496 e. The molecule has 0 radical (unpaired) electrons. The molecule has 0 bridgehead atoms. The highest BCUT2D eigenvalue weighted by molar-refractivity contribution is 7.80. The van der Waals surface area contributed by atoms with E-state index in [9.17, 15) is 4.79 Å². The third-order valence-electron chi connectivity index (χ3n) is 4.59. The van der Waals surface area contributed by atoms with E-state index in [4.69, 9.17) is 21.9 Å². The highest BCUT2D eigenvalue weighted by atomic mass is 32.1. The fourth-order valence-corrected chi connectivity index (χ4v) is 4.40. The van der Waals surface area contributed by atoms with Crippen molar-refractivity contribution < 1.29 is 9.53 Å². The van der Waals surface area contributed by atoms with Crippen molar-refractivity contribution in [1.29, 1.82) is 0 Å². The van der Waals surface area contributed by atoms with Crippen molar-refractivity contribution in [2.75, 3.05) is 12.4 Å². The average molecular weight is 434 g/mol. The SMILES string of the molecule is COc1c(C)cccc1C(=O)NC(=S)Nc1ccccc1-c1nc2ccccc2s1. The topological polar surface area (TPSA) is 63.2 Å². The lowest BCUT2D eigenvalue weighted by molar-refractivity contribution is 0.0974. The number of aromatic nitrogens is 1. The summed E-state index contributed by atoms with van der Waals surface area (Å²) in [5.74, 6) is 0.207. The van der Waals surface area contributed by atoms with Crippen molar-refractivity contribution in [3.8, 4) is 16.3 Å². The Morgan fingerprint density at radius 2 is 1.80 bits per heavy atom. The molecule has 0 spiro atoms. The van der Waals surface area contributed by atoms with E-state index in [1.165, 1.54) is 0 Å². The minimum Gasteiger partial charge on any atom is -0.496 e. The molecule has 1 amide bonds. The third-order valence-corrected chi connectivity index (χ3v) is 5.86. The average Bonchev–Trinajstić information content (AvgIpc) is 3.18. The molecule has 0 atom stereocenters. The van der Waals surface area contributed by atoms with Crippen LogP contribution in [0.25, 0.3) is 20.8 Å². The number of carbonyl (C=O) groups is 1. The summed E-state index contributed by atoms with van der Waals surface area (Å²) in [4.78, 5) is 17.4. The molecule has 0 saturated carbocycles. The zero-order valence-electron chi connectivity index (χ0n) is 16.4. The first-order valence-electron chi connectivity index (χ1n) is 9.27.